The van der Waals surface area contributed by atoms with Crippen molar-refractivity contribution in [3.8, 4) is 0 Å². The molecule has 1 amide bonds. The first-order chi connectivity index (χ1) is 7.54. The molecule has 0 aliphatic carbocycles. The van der Waals surface area contributed by atoms with Gasteiger partial charge >= 0.3 is 0 Å². The third-order valence-corrected chi connectivity index (χ3v) is 2.42. The zero-order chi connectivity index (χ0) is 12.1. The van der Waals surface area contributed by atoms with Crippen molar-refractivity contribution in [3.05, 3.63) is 41.4 Å². The number of halogens is 1. The van der Waals surface area contributed by atoms with Crippen molar-refractivity contribution >= 4 is 23.2 Å². The van der Waals surface area contributed by atoms with Gasteiger partial charge in [0.25, 0.3) is 0 Å². The Balaban J connectivity index is 2.96. The van der Waals surface area contributed by atoms with Gasteiger partial charge in [-0.1, -0.05) is 30.7 Å². The highest BCUT2D eigenvalue weighted by Gasteiger charge is 2.13. The van der Waals surface area contributed by atoms with E-state index in [-0.39, 0.29) is 5.91 Å². The van der Waals surface area contributed by atoms with Crippen molar-refractivity contribution in [2.45, 2.75) is 20.3 Å². The molecule has 0 aliphatic heterocycles. The Hall–Kier alpha value is -1.28. The van der Waals surface area contributed by atoms with Crippen molar-refractivity contribution < 1.29 is 4.79 Å². The summed E-state index contributed by atoms with van der Waals surface area (Å²) in [5.74, 6) is 0.0883. The maximum Gasteiger partial charge on any atom is 0.227 e. The quantitative estimate of drug-likeness (QED) is 0.732. The molecule has 86 valence electrons. The molecular formula is C13H16ClNO. The van der Waals surface area contributed by atoms with Crippen LogP contribution in [0.5, 0.6) is 0 Å². The van der Waals surface area contributed by atoms with Gasteiger partial charge in [-0.25, -0.2) is 0 Å². The predicted octanol–water partition coefficient (Wildman–Crippen LogP) is 3.66. The van der Waals surface area contributed by atoms with Crippen molar-refractivity contribution in [2.75, 3.05) is 11.4 Å². The second-order valence-corrected chi connectivity index (χ2v) is 4.20. The smallest absolute Gasteiger partial charge is 0.227 e. The summed E-state index contributed by atoms with van der Waals surface area (Å²) in [6, 6.07) is 7.26. The standard InChI is InChI=1S/C13H16ClNO/c1-4-13(16)15(9-10(2)3)12-7-5-11(14)6-8-12/h5-8H,2,4,9H2,1,3H3. The molecule has 0 fully saturated rings. The van der Waals surface area contributed by atoms with Crippen LogP contribution in [0.4, 0.5) is 5.69 Å². The fourth-order valence-electron chi connectivity index (χ4n) is 1.41. The number of amides is 1. The van der Waals surface area contributed by atoms with Gasteiger partial charge in [0.1, 0.15) is 0 Å². The van der Waals surface area contributed by atoms with E-state index in [4.69, 9.17) is 11.6 Å². The van der Waals surface area contributed by atoms with Gasteiger partial charge in [-0.2, -0.15) is 0 Å². The van der Waals surface area contributed by atoms with Crippen LogP contribution in [0.1, 0.15) is 20.3 Å². The average molecular weight is 238 g/mol. The summed E-state index contributed by atoms with van der Waals surface area (Å²) in [5, 5.41) is 0.669. The summed E-state index contributed by atoms with van der Waals surface area (Å²) < 4.78 is 0. The third-order valence-electron chi connectivity index (χ3n) is 2.17. The van der Waals surface area contributed by atoms with Gasteiger partial charge in [-0.3, -0.25) is 4.79 Å². The molecule has 0 aromatic heterocycles. The molecule has 0 saturated heterocycles. The van der Waals surface area contributed by atoms with E-state index in [1.165, 1.54) is 0 Å². The van der Waals surface area contributed by atoms with Crippen molar-refractivity contribution in [1.29, 1.82) is 0 Å². The Bertz CT molecular complexity index is 383. The summed E-state index contributed by atoms with van der Waals surface area (Å²) in [5.41, 5.74) is 1.82. The molecule has 0 saturated carbocycles. The van der Waals surface area contributed by atoms with Crippen molar-refractivity contribution in [1.82, 2.24) is 0 Å². The molecule has 3 heteroatoms. The lowest BCUT2D eigenvalue weighted by atomic mass is 10.2. The molecule has 2 nitrogen and oxygen atoms in total. The monoisotopic (exact) mass is 237 g/mol. The molecule has 0 spiro atoms. The lowest BCUT2D eigenvalue weighted by molar-refractivity contribution is -0.118. The highest BCUT2D eigenvalue weighted by atomic mass is 35.5. The number of hydrogen-bond donors (Lipinski definition) is 0. The van der Waals surface area contributed by atoms with E-state index < -0.39 is 0 Å². The highest BCUT2D eigenvalue weighted by Crippen LogP contribution is 2.19. The first kappa shape index (κ1) is 12.8. The number of carbonyl (C=O) groups is 1. The fourth-order valence-corrected chi connectivity index (χ4v) is 1.53. The van der Waals surface area contributed by atoms with Crippen LogP contribution >= 0.6 is 11.6 Å². The molecule has 1 aromatic rings. The lowest BCUT2D eigenvalue weighted by Gasteiger charge is -2.22. The molecule has 1 rings (SSSR count). The second-order valence-electron chi connectivity index (χ2n) is 3.77. The van der Waals surface area contributed by atoms with E-state index >= 15 is 0 Å². The van der Waals surface area contributed by atoms with Crippen molar-refractivity contribution in [2.24, 2.45) is 0 Å². The molecule has 16 heavy (non-hydrogen) atoms. The Morgan fingerprint density at radius 2 is 1.94 bits per heavy atom. The summed E-state index contributed by atoms with van der Waals surface area (Å²) in [6.45, 7) is 8.14. The Morgan fingerprint density at radius 1 is 1.38 bits per heavy atom. The Morgan fingerprint density at radius 3 is 2.38 bits per heavy atom. The van der Waals surface area contributed by atoms with Gasteiger partial charge in [0.15, 0.2) is 0 Å². The molecule has 0 radical (unpaired) electrons. The van der Waals surface area contributed by atoms with Crippen LogP contribution in [0, 0.1) is 0 Å². The van der Waals surface area contributed by atoms with Crippen LogP contribution in [0.15, 0.2) is 36.4 Å². The first-order valence-electron chi connectivity index (χ1n) is 5.25. The zero-order valence-electron chi connectivity index (χ0n) is 9.66. The summed E-state index contributed by atoms with van der Waals surface area (Å²) >= 11 is 5.81. The number of rotatable bonds is 4. The normalized spacial score (nSPS) is 9.94. The van der Waals surface area contributed by atoms with Crippen LogP contribution in [0.25, 0.3) is 0 Å². The summed E-state index contributed by atoms with van der Waals surface area (Å²) in [7, 11) is 0. The SMILES string of the molecule is C=C(C)CN(C(=O)CC)c1ccc(Cl)cc1. The maximum atomic E-state index is 11.8. The number of hydrogen-bond acceptors (Lipinski definition) is 1. The lowest BCUT2D eigenvalue weighted by Crippen LogP contribution is -2.31. The van der Waals surface area contributed by atoms with E-state index in [9.17, 15) is 4.79 Å². The van der Waals surface area contributed by atoms with E-state index in [2.05, 4.69) is 6.58 Å². The van der Waals surface area contributed by atoms with Gasteiger partial charge in [0.05, 0.1) is 0 Å². The fraction of sp³-hybridized carbons (Fsp3) is 0.308. The van der Waals surface area contributed by atoms with Crippen molar-refractivity contribution in [3.63, 3.8) is 0 Å². The highest BCUT2D eigenvalue weighted by molar-refractivity contribution is 6.30. The van der Waals surface area contributed by atoms with E-state index in [0.29, 0.717) is 18.0 Å². The van der Waals surface area contributed by atoms with Gasteiger partial charge < -0.3 is 4.90 Å². The molecule has 0 N–H and O–H groups in total. The predicted molar refractivity (Wildman–Crippen MR) is 68.9 cm³/mol. The number of nitrogens with zero attached hydrogens (tertiary/aromatic N) is 1. The van der Waals surface area contributed by atoms with E-state index in [1.54, 1.807) is 17.0 Å². The average Bonchev–Trinajstić information content (AvgIpc) is 2.26. The van der Waals surface area contributed by atoms with Crippen LogP contribution in [-0.2, 0) is 4.79 Å². The minimum atomic E-state index is 0.0883. The Kier molecular flexibility index (Phi) is 4.56. The van der Waals surface area contributed by atoms with Crippen LogP contribution in [0.3, 0.4) is 0 Å². The zero-order valence-corrected chi connectivity index (χ0v) is 10.4. The molecule has 0 aliphatic rings. The molecule has 0 unspecified atom stereocenters. The molecule has 0 heterocycles. The van der Waals surface area contributed by atoms with E-state index in [1.807, 2.05) is 26.0 Å². The van der Waals surface area contributed by atoms with Crippen LogP contribution in [-0.4, -0.2) is 12.5 Å². The third kappa shape index (κ3) is 3.38. The van der Waals surface area contributed by atoms with Gasteiger partial charge in [0.2, 0.25) is 5.91 Å². The minimum Gasteiger partial charge on any atom is -0.308 e. The Labute approximate surface area is 102 Å². The topological polar surface area (TPSA) is 20.3 Å². The largest absolute Gasteiger partial charge is 0.308 e. The first-order valence-corrected chi connectivity index (χ1v) is 5.62. The molecule has 1 aromatic carbocycles. The summed E-state index contributed by atoms with van der Waals surface area (Å²) in [6.07, 6.45) is 0.482. The van der Waals surface area contributed by atoms with Crippen LogP contribution in [0.2, 0.25) is 5.02 Å². The summed E-state index contributed by atoms with van der Waals surface area (Å²) in [4.78, 5) is 13.5. The molecule has 0 atom stereocenters. The molecule has 0 bridgehead atoms. The van der Waals surface area contributed by atoms with Gasteiger partial charge in [-0.05, 0) is 31.2 Å². The maximum absolute atomic E-state index is 11.8. The number of anilines is 1. The number of carbonyl (C=O) groups excluding carboxylic acids is 1. The van der Waals surface area contributed by atoms with Gasteiger partial charge in [-0.15, -0.1) is 0 Å². The van der Waals surface area contributed by atoms with E-state index in [0.717, 1.165) is 11.3 Å². The van der Waals surface area contributed by atoms with Crippen LogP contribution < -0.4 is 4.90 Å². The second kappa shape index (κ2) is 5.71. The number of benzene rings is 1. The molecular weight excluding hydrogens is 222 g/mol. The minimum absolute atomic E-state index is 0.0883. The van der Waals surface area contributed by atoms with Gasteiger partial charge in [0, 0.05) is 23.7 Å².